The van der Waals surface area contributed by atoms with Gasteiger partial charge in [-0.25, -0.2) is 0 Å². The van der Waals surface area contributed by atoms with Gasteiger partial charge in [0.2, 0.25) is 5.91 Å². The highest BCUT2D eigenvalue weighted by atomic mass is 19.4. The van der Waals surface area contributed by atoms with Crippen molar-refractivity contribution in [3.8, 4) is 5.75 Å². The summed E-state index contributed by atoms with van der Waals surface area (Å²) in [7, 11) is 3.78. The Morgan fingerprint density at radius 2 is 1.95 bits per heavy atom. The summed E-state index contributed by atoms with van der Waals surface area (Å²) in [4.78, 5) is 29.8. The number of likely N-dealkylation sites (tertiary alicyclic amines) is 1. The minimum Gasteiger partial charge on any atom is -0.487 e. The molecule has 0 aromatic heterocycles. The van der Waals surface area contributed by atoms with Crippen molar-refractivity contribution in [1.29, 1.82) is 0 Å². The highest BCUT2D eigenvalue weighted by Crippen LogP contribution is 2.65. The standard InChI is InChI=1S/C30H31F3N2O4/c1-18(36)39-29-13-12-22(35(3)25(37)11-10-19-6-4-8-21(16-19)30(31,32)33)27-28(29)14-15-34(2)24(29)17-20-7-5-9-23(38-27)26(20)28/h4-11,16,22,24,27H,12-15,17H2,1-3H3/b11-10+/t22?,24-,27?,28+,29-/m1/s1. The number of benzene rings is 2. The van der Waals surface area contributed by atoms with E-state index in [2.05, 4.69) is 18.0 Å². The fourth-order valence-electron chi connectivity index (χ4n) is 7.79. The molecule has 2 heterocycles. The van der Waals surface area contributed by atoms with Crippen LogP contribution in [0.4, 0.5) is 13.2 Å². The van der Waals surface area contributed by atoms with Crippen molar-refractivity contribution >= 4 is 18.0 Å². The maximum atomic E-state index is 13.4. The second-order valence-electron chi connectivity index (χ2n) is 11.2. The third-order valence-corrected chi connectivity index (χ3v) is 9.36. The molecule has 1 amide bonds. The molecule has 1 spiro atoms. The molecular weight excluding hydrogens is 509 g/mol. The van der Waals surface area contributed by atoms with Crippen LogP contribution in [0.15, 0.2) is 48.5 Å². The van der Waals surface area contributed by atoms with Gasteiger partial charge in [0.15, 0.2) is 0 Å². The molecular formula is C30H31F3N2O4. The Labute approximate surface area is 225 Å². The van der Waals surface area contributed by atoms with E-state index in [1.165, 1.54) is 36.8 Å². The van der Waals surface area contributed by atoms with E-state index in [9.17, 15) is 22.8 Å². The highest BCUT2D eigenvalue weighted by molar-refractivity contribution is 5.92. The normalized spacial score (nSPS) is 31.0. The second-order valence-corrected chi connectivity index (χ2v) is 11.2. The van der Waals surface area contributed by atoms with Crippen LogP contribution in [0, 0.1) is 0 Å². The molecule has 2 aromatic carbocycles. The fourth-order valence-corrected chi connectivity index (χ4v) is 7.79. The van der Waals surface area contributed by atoms with E-state index < -0.39 is 28.9 Å². The van der Waals surface area contributed by atoms with E-state index in [1.54, 1.807) is 11.9 Å². The summed E-state index contributed by atoms with van der Waals surface area (Å²) in [6, 6.07) is 10.6. The molecule has 39 heavy (non-hydrogen) atoms. The van der Waals surface area contributed by atoms with Crippen LogP contribution in [0.1, 0.15) is 48.4 Å². The summed E-state index contributed by atoms with van der Waals surface area (Å²) in [5, 5.41) is 0. The minimum absolute atomic E-state index is 0.00939. The average Bonchev–Trinajstić information content (AvgIpc) is 3.23. The largest absolute Gasteiger partial charge is 0.487 e. The molecule has 6 nitrogen and oxygen atoms in total. The maximum Gasteiger partial charge on any atom is 0.416 e. The van der Waals surface area contributed by atoms with Crippen molar-refractivity contribution in [3.63, 3.8) is 0 Å². The first-order chi connectivity index (χ1) is 18.5. The molecule has 1 saturated carbocycles. The van der Waals surface area contributed by atoms with Crippen LogP contribution in [-0.2, 0) is 32.3 Å². The lowest BCUT2D eigenvalue weighted by Gasteiger charge is -2.65. The summed E-state index contributed by atoms with van der Waals surface area (Å²) < 4.78 is 52.4. The van der Waals surface area contributed by atoms with Crippen LogP contribution in [0.3, 0.4) is 0 Å². The lowest BCUT2D eigenvalue weighted by atomic mass is 9.48. The van der Waals surface area contributed by atoms with E-state index >= 15 is 0 Å². The quantitative estimate of drug-likeness (QED) is 0.419. The number of alkyl halides is 3. The van der Waals surface area contributed by atoms with Gasteiger partial charge in [-0.05, 0) is 74.7 Å². The Hall–Kier alpha value is -3.33. The van der Waals surface area contributed by atoms with Gasteiger partial charge < -0.3 is 14.4 Å². The predicted molar refractivity (Wildman–Crippen MR) is 138 cm³/mol. The molecule has 2 aliphatic carbocycles. The summed E-state index contributed by atoms with van der Waals surface area (Å²) >= 11 is 0. The van der Waals surface area contributed by atoms with Gasteiger partial charge in [-0.2, -0.15) is 13.2 Å². The third kappa shape index (κ3) is 3.72. The lowest BCUT2D eigenvalue weighted by Crippen LogP contribution is -2.78. The number of piperidine rings is 1. The predicted octanol–water partition coefficient (Wildman–Crippen LogP) is 4.60. The highest BCUT2D eigenvalue weighted by Gasteiger charge is 2.75. The number of amides is 1. The van der Waals surface area contributed by atoms with Gasteiger partial charge in [0.1, 0.15) is 17.5 Å². The zero-order valence-electron chi connectivity index (χ0n) is 22.1. The molecule has 4 aliphatic rings. The van der Waals surface area contributed by atoms with E-state index in [0.29, 0.717) is 18.4 Å². The van der Waals surface area contributed by atoms with Crippen molar-refractivity contribution in [2.45, 2.75) is 68.0 Å². The van der Waals surface area contributed by atoms with Crippen LogP contribution in [0.5, 0.6) is 5.75 Å². The summed E-state index contributed by atoms with van der Waals surface area (Å²) in [6.07, 6.45) is 0.459. The Morgan fingerprint density at radius 1 is 1.18 bits per heavy atom. The van der Waals surface area contributed by atoms with Crippen LogP contribution in [-0.4, -0.2) is 66.1 Å². The number of halogens is 3. The van der Waals surface area contributed by atoms with Gasteiger partial charge in [-0.3, -0.25) is 14.5 Å². The first-order valence-corrected chi connectivity index (χ1v) is 13.3. The van der Waals surface area contributed by atoms with Crippen LogP contribution >= 0.6 is 0 Å². The van der Waals surface area contributed by atoms with Crippen LogP contribution < -0.4 is 4.74 Å². The van der Waals surface area contributed by atoms with E-state index in [4.69, 9.17) is 9.47 Å². The number of rotatable bonds is 4. The molecule has 0 N–H and O–H groups in total. The summed E-state index contributed by atoms with van der Waals surface area (Å²) in [5.41, 5.74) is 0.453. The molecule has 0 radical (unpaired) electrons. The number of carbonyl (C=O) groups excluding carboxylic acids is 2. The number of hydrogen-bond donors (Lipinski definition) is 0. The first kappa shape index (κ1) is 25.9. The van der Waals surface area contributed by atoms with Crippen molar-refractivity contribution in [2.75, 3.05) is 20.6 Å². The zero-order valence-corrected chi connectivity index (χ0v) is 22.1. The number of hydrogen-bond acceptors (Lipinski definition) is 5. The Kier molecular flexibility index (Phi) is 5.88. The topological polar surface area (TPSA) is 59.1 Å². The monoisotopic (exact) mass is 540 g/mol. The van der Waals surface area contributed by atoms with Gasteiger partial charge in [0.25, 0.3) is 0 Å². The SMILES string of the molecule is CC(=O)O[C@@]12CCC(N(C)C(=O)/C=C/c3cccc(C(F)(F)F)c3)C3Oc4cccc5c4[C@@]31CCN(C)[C@@H]2C5. The molecule has 2 aliphatic heterocycles. The molecule has 206 valence electrons. The molecule has 9 heteroatoms. The molecule has 2 bridgehead atoms. The van der Waals surface area contributed by atoms with Crippen LogP contribution in [0.25, 0.3) is 6.08 Å². The molecule has 1 saturated heterocycles. The summed E-state index contributed by atoms with van der Waals surface area (Å²) in [6.45, 7) is 2.26. The van der Waals surface area contributed by atoms with E-state index in [1.807, 2.05) is 12.1 Å². The van der Waals surface area contributed by atoms with E-state index in [0.717, 1.165) is 42.8 Å². The Bertz CT molecular complexity index is 1370. The zero-order chi connectivity index (χ0) is 27.7. The summed E-state index contributed by atoms with van der Waals surface area (Å²) in [5.74, 6) is 0.131. The molecule has 6 rings (SSSR count). The molecule has 2 unspecified atom stereocenters. The van der Waals surface area contributed by atoms with Gasteiger partial charge in [-0.1, -0.05) is 24.3 Å². The lowest BCUT2D eigenvalue weighted by molar-refractivity contribution is -0.220. The van der Waals surface area contributed by atoms with Gasteiger partial charge in [-0.15, -0.1) is 0 Å². The van der Waals surface area contributed by atoms with Gasteiger partial charge in [0.05, 0.1) is 23.1 Å². The number of nitrogens with zero attached hydrogens (tertiary/aromatic N) is 2. The second kappa shape index (κ2) is 8.84. The van der Waals surface area contributed by atoms with Crippen molar-refractivity contribution < 1.29 is 32.2 Å². The van der Waals surface area contributed by atoms with Crippen molar-refractivity contribution in [2.24, 2.45) is 0 Å². The van der Waals surface area contributed by atoms with Crippen molar-refractivity contribution in [1.82, 2.24) is 9.80 Å². The van der Waals surface area contributed by atoms with Gasteiger partial charge in [0, 0.05) is 25.6 Å². The molecule has 2 fully saturated rings. The number of esters is 1. The number of carbonyl (C=O) groups is 2. The average molecular weight is 541 g/mol. The Morgan fingerprint density at radius 3 is 2.69 bits per heavy atom. The van der Waals surface area contributed by atoms with Crippen molar-refractivity contribution in [3.05, 3.63) is 70.8 Å². The first-order valence-electron chi connectivity index (χ1n) is 13.3. The van der Waals surface area contributed by atoms with Crippen LogP contribution in [0.2, 0.25) is 0 Å². The fraction of sp³-hybridized carbons (Fsp3) is 0.467. The third-order valence-electron chi connectivity index (χ3n) is 9.36. The Balaban J connectivity index is 1.35. The molecule has 5 atom stereocenters. The molecule has 2 aromatic rings. The number of likely N-dealkylation sites (N-methyl/N-ethyl adjacent to an activating group) is 2. The maximum absolute atomic E-state index is 13.4. The smallest absolute Gasteiger partial charge is 0.416 e. The van der Waals surface area contributed by atoms with Gasteiger partial charge >= 0.3 is 12.1 Å². The van der Waals surface area contributed by atoms with E-state index in [-0.39, 0.29) is 24.0 Å². The minimum atomic E-state index is -4.46. The number of ether oxygens (including phenoxy) is 2.